The largest absolute Gasteiger partial charge is 0.460 e. The zero-order valence-corrected chi connectivity index (χ0v) is 90.4. The van der Waals surface area contributed by atoms with Gasteiger partial charge in [0.1, 0.15) is 93.7 Å². The summed E-state index contributed by atoms with van der Waals surface area (Å²) in [5.41, 5.74) is -3.23. The first kappa shape index (κ1) is 127. The molecule has 2 aromatic carbocycles. The summed E-state index contributed by atoms with van der Waals surface area (Å²) in [4.78, 5) is 258. The molecule has 3 rings (SSSR count). The van der Waals surface area contributed by atoms with E-state index < -0.39 is 219 Å². The molecular weight excluding hydrogens is 1880 g/mol. The Hall–Kier alpha value is -11.8. The highest BCUT2D eigenvalue weighted by Gasteiger charge is 2.38. The monoisotopic (exact) mass is 2040 g/mol. The van der Waals surface area contributed by atoms with Crippen LogP contribution < -0.4 is 58.5 Å². The molecule has 0 bridgehead atoms. The first-order valence-corrected chi connectivity index (χ1v) is 51.0. The van der Waals surface area contributed by atoms with Crippen molar-refractivity contribution < 1.29 is 134 Å². The van der Waals surface area contributed by atoms with Crippen molar-refractivity contribution in [1.29, 1.82) is 0 Å². The number of esters is 8. The maximum absolute atomic E-state index is 15.1. The molecule has 0 aliphatic heterocycles. The van der Waals surface area contributed by atoms with E-state index in [0.29, 0.717) is 57.8 Å². The Labute approximate surface area is 856 Å². The first-order valence-electron chi connectivity index (χ1n) is 51.0. The third-order valence-corrected chi connectivity index (χ3v) is 21.1. The van der Waals surface area contributed by atoms with Crippen molar-refractivity contribution in [3.05, 3.63) is 59.7 Å². The molecule has 0 aromatic heterocycles. The fraction of sp³-hybridized carbons (Fsp3) is 0.708. The molecule has 11 N–H and O–H groups in total. The number of hydrogen-bond acceptors (Lipinski definition) is 28. The minimum Gasteiger partial charge on any atom is -0.460 e. The van der Waals surface area contributed by atoms with Crippen molar-refractivity contribution in [2.24, 2.45) is 0 Å². The van der Waals surface area contributed by atoms with Crippen molar-refractivity contribution >= 4 is 113 Å². The van der Waals surface area contributed by atoms with E-state index in [1.807, 2.05) is 48.5 Å². The number of amides is 11. The second-order valence-electron chi connectivity index (χ2n) is 44.5. The third kappa shape index (κ3) is 59.4. The van der Waals surface area contributed by atoms with Crippen molar-refractivity contribution in [2.75, 3.05) is 32.8 Å². The Bertz CT molecular complexity index is 4560. The fourth-order valence-electron chi connectivity index (χ4n) is 14.8. The van der Waals surface area contributed by atoms with E-state index >= 15 is 4.79 Å². The molecule has 0 fully saturated rings. The standard InChI is InChI=1S/C106H169N11O28/c1-99(2,3)138-87(125)59-52-76(94(132)142-103(13,14)15)112-82(120)45-29-25-37-63-107-80(118)56-49-73(91(129)109-65-39-27-31-47-84(122)114-78(96(134)144-105(19,20)21)54-61-89(127)140-101(7,8)9)111-86(124)58-51-75(117-98(136)137-67-72-70-43-35-33-41-68(70)69-42-34-36-44-71(69)72)93(131)116-74(92(130)110-66-40-28-32-48-85(123)115-79(97(135)145-106(22,23)24)55-62-90(128)141-102(10,11)12)50-57-81(119)108-64-38-26-30-46-83(121)113-77(95(133)143-104(16,17)18)53-60-88(126)139-100(4,5)6/h33-36,41-44,72-79H,25-32,37-40,45-67H2,1-24H3,(H,107,118)(H,108,119)(H,109,129)(H,110,130)(H,111,124)(H,112,120)(H,113,121)(H,114,122)(H,115,123)(H,116,131)(H,117,136). The predicted molar refractivity (Wildman–Crippen MR) is 541 cm³/mol. The van der Waals surface area contributed by atoms with E-state index in [1.165, 1.54) is 0 Å². The lowest BCUT2D eigenvalue weighted by molar-refractivity contribution is -0.161. The molecule has 7 unspecified atom stereocenters. The molecule has 39 heteroatoms. The van der Waals surface area contributed by atoms with Gasteiger partial charge in [0.25, 0.3) is 0 Å². The number of carbonyl (C=O) groups excluding carboxylic acids is 19. The minimum atomic E-state index is -1.69. The average molecular weight is 2050 g/mol. The molecule has 0 radical (unpaired) electrons. The van der Waals surface area contributed by atoms with Gasteiger partial charge in [-0.25, -0.2) is 24.0 Å². The Morgan fingerprint density at radius 2 is 0.462 bits per heavy atom. The van der Waals surface area contributed by atoms with Crippen LogP contribution in [0, 0.1) is 0 Å². The normalized spacial score (nSPS) is 13.7. The molecule has 1 aliphatic carbocycles. The summed E-state index contributed by atoms with van der Waals surface area (Å²) in [5, 5.41) is 29.9. The van der Waals surface area contributed by atoms with Gasteiger partial charge < -0.3 is 101 Å². The molecule has 1 aliphatic rings. The number of carbonyl (C=O) groups is 19. The molecular formula is C106H169N11O28. The molecule has 7 atom stereocenters. The van der Waals surface area contributed by atoms with Crippen LogP contribution in [0.4, 0.5) is 4.79 Å². The smallest absolute Gasteiger partial charge is 0.407 e. The van der Waals surface area contributed by atoms with E-state index in [2.05, 4.69) is 58.5 Å². The number of unbranched alkanes of at least 4 members (excludes halogenated alkanes) is 8. The number of alkyl carbamates (subject to hydrolysis) is 1. The summed E-state index contributed by atoms with van der Waals surface area (Å²) in [7, 11) is 0. The minimum absolute atomic E-state index is 0.00788. The Morgan fingerprint density at radius 1 is 0.234 bits per heavy atom. The van der Waals surface area contributed by atoms with Crippen LogP contribution in [0.2, 0.25) is 0 Å². The van der Waals surface area contributed by atoms with Gasteiger partial charge in [-0.15, -0.1) is 0 Å². The summed E-state index contributed by atoms with van der Waals surface area (Å²) in [6.45, 7) is 40.4. The number of ether oxygens (including phenoxy) is 9. The molecule has 145 heavy (non-hydrogen) atoms. The van der Waals surface area contributed by atoms with Crippen LogP contribution in [0.5, 0.6) is 0 Å². The lowest BCUT2D eigenvalue weighted by Gasteiger charge is -2.25. The second kappa shape index (κ2) is 61.6. The SMILES string of the molecule is CC(C)(C)OC(=O)CCC(NC(=O)CCCCCNC(=O)CCC(NC(=O)CCC(NC(=O)OCC1c2ccccc2-c2ccccc21)C(=O)NC(CCC(=O)NCCCCCC(=O)NC(CCC(=O)OC(C)(C)C)C(=O)OC(C)(C)C)C(=O)NCCCCCC(=O)NC(CCC(=O)OC(C)(C)C)C(=O)OC(C)(C)C)C(=O)NCCCCCC(=O)NC(CCC(=O)OC(C)(C)C)C(=O)OC(C)(C)C)C(=O)OC(C)(C)C. The highest BCUT2D eigenvalue weighted by molar-refractivity contribution is 5.94. The zero-order valence-electron chi connectivity index (χ0n) is 90.4. The van der Waals surface area contributed by atoms with Crippen LogP contribution in [-0.2, 0) is 129 Å². The van der Waals surface area contributed by atoms with Gasteiger partial charge in [-0.05, 0) is 285 Å². The highest BCUT2D eigenvalue weighted by atomic mass is 16.6. The zero-order chi connectivity index (χ0) is 109. The number of hydrogen-bond donors (Lipinski definition) is 11. The molecule has 2 aromatic rings. The summed E-state index contributed by atoms with van der Waals surface area (Å²) < 4.78 is 49.8. The molecule has 0 spiro atoms. The topological polar surface area (TPSA) is 540 Å². The van der Waals surface area contributed by atoms with Gasteiger partial charge in [0.15, 0.2) is 0 Å². The summed E-state index contributed by atoms with van der Waals surface area (Å²) in [6.07, 6.45) is -0.663. The van der Waals surface area contributed by atoms with Crippen LogP contribution >= 0.6 is 0 Å². The van der Waals surface area contributed by atoms with Crippen LogP contribution in [0.25, 0.3) is 11.1 Å². The number of nitrogens with one attached hydrogen (secondary N) is 11. The van der Waals surface area contributed by atoms with Crippen molar-refractivity contribution in [1.82, 2.24) is 58.5 Å². The molecule has 816 valence electrons. The molecule has 0 heterocycles. The van der Waals surface area contributed by atoms with Crippen LogP contribution in [0.15, 0.2) is 48.5 Å². The Kier molecular flexibility index (Phi) is 54.1. The van der Waals surface area contributed by atoms with Gasteiger partial charge in [0.05, 0.1) is 0 Å². The van der Waals surface area contributed by atoms with E-state index in [9.17, 15) is 86.3 Å². The van der Waals surface area contributed by atoms with Gasteiger partial charge in [-0.3, -0.25) is 67.1 Å². The molecule has 0 saturated carbocycles. The highest BCUT2D eigenvalue weighted by Crippen LogP contribution is 2.45. The number of fused-ring (bicyclic) bond motifs is 3. The van der Waals surface area contributed by atoms with Gasteiger partial charge in [0, 0.05) is 103 Å². The second-order valence-corrected chi connectivity index (χ2v) is 44.5. The lowest BCUT2D eigenvalue weighted by Crippen LogP contribution is -2.54. The van der Waals surface area contributed by atoms with Crippen LogP contribution in [0.1, 0.15) is 376 Å². The summed E-state index contributed by atoms with van der Waals surface area (Å²) in [6, 6.07) is 5.86. The van der Waals surface area contributed by atoms with Gasteiger partial charge in [-0.1, -0.05) is 74.2 Å². The van der Waals surface area contributed by atoms with Crippen LogP contribution in [0.3, 0.4) is 0 Å². The van der Waals surface area contributed by atoms with Crippen molar-refractivity contribution in [3.8, 4) is 11.1 Å². The van der Waals surface area contributed by atoms with Gasteiger partial charge in [0.2, 0.25) is 59.1 Å². The van der Waals surface area contributed by atoms with E-state index in [4.69, 9.17) is 42.6 Å². The fourth-order valence-corrected chi connectivity index (χ4v) is 14.8. The number of benzene rings is 2. The van der Waals surface area contributed by atoms with Crippen LogP contribution in [-0.4, -0.2) is 233 Å². The maximum Gasteiger partial charge on any atom is 0.407 e. The summed E-state index contributed by atoms with van der Waals surface area (Å²) in [5.74, 6) is -12.1. The maximum atomic E-state index is 15.1. The third-order valence-electron chi connectivity index (χ3n) is 21.1. The van der Waals surface area contributed by atoms with Gasteiger partial charge >= 0.3 is 53.8 Å². The Morgan fingerprint density at radius 3 is 0.738 bits per heavy atom. The molecule has 11 amide bonds. The summed E-state index contributed by atoms with van der Waals surface area (Å²) >= 11 is 0. The average Bonchev–Trinajstić information content (AvgIpc) is 1.61. The molecule has 0 saturated heterocycles. The quantitative estimate of drug-likeness (QED) is 0.0166. The van der Waals surface area contributed by atoms with E-state index in [-0.39, 0.29) is 155 Å². The van der Waals surface area contributed by atoms with Crippen molar-refractivity contribution in [2.45, 2.75) is 452 Å². The van der Waals surface area contributed by atoms with E-state index in [1.54, 1.807) is 166 Å². The first-order chi connectivity index (χ1) is 67.2. The Balaban J connectivity index is 1.99. The van der Waals surface area contributed by atoms with Gasteiger partial charge in [-0.2, -0.15) is 0 Å². The van der Waals surface area contributed by atoms with E-state index in [0.717, 1.165) is 22.3 Å². The number of rotatable bonds is 61. The predicted octanol–water partition coefficient (Wildman–Crippen LogP) is 11.7. The molecule has 39 nitrogen and oxygen atoms in total. The van der Waals surface area contributed by atoms with Crippen molar-refractivity contribution in [3.63, 3.8) is 0 Å². The lowest BCUT2D eigenvalue weighted by atomic mass is 9.98.